The number of rotatable bonds is 3. The minimum absolute atomic E-state index is 0.0720. The summed E-state index contributed by atoms with van der Waals surface area (Å²) in [5.74, 6) is 0.133. The van der Waals surface area contributed by atoms with Gasteiger partial charge < -0.3 is 9.73 Å². The van der Waals surface area contributed by atoms with Crippen molar-refractivity contribution < 1.29 is 9.21 Å². The molecule has 0 saturated carbocycles. The number of carbonyl (C=O) groups excluding carboxylic acids is 1. The molecule has 20 heavy (non-hydrogen) atoms. The summed E-state index contributed by atoms with van der Waals surface area (Å²) in [7, 11) is 0. The van der Waals surface area contributed by atoms with Crippen molar-refractivity contribution in [3.63, 3.8) is 0 Å². The number of fused-ring (bicyclic) bond motifs is 1. The molecule has 0 aliphatic heterocycles. The first-order valence-electron chi connectivity index (χ1n) is 6.57. The van der Waals surface area contributed by atoms with Crippen molar-refractivity contribution >= 4 is 16.7 Å². The van der Waals surface area contributed by atoms with Crippen LogP contribution in [0.25, 0.3) is 10.8 Å². The molecule has 1 aromatic heterocycles. The highest BCUT2D eigenvalue weighted by molar-refractivity contribution is 5.91. The quantitative estimate of drug-likeness (QED) is 0.779. The van der Waals surface area contributed by atoms with Crippen LogP contribution in [0.1, 0.15) is 29.1 Å². The minimum Gasteiger partial charge on any atom is -0.459 e. The van der Waals surface area contributed by atoms with Gasteiger partial charge in [-0.3, -0.25) is 4.79 Å². The molecular formula is C17H15NO2. The molecule has 3 heteroatoms. The normalized spacial score (nSPS) is 12.2. The lowest BCUT2D eigenvalue weighted by atomic mass is 10.0. The molecule has 1 amide bonds. The van der Waals surface area contributed by atoms with Crippen molar-refractivity contribution in [1.82, 2.24) is 5.32 Å². The maximum absolute atomic E-state index is 11.9. The SMILES string of the molecule is CC(NC(=O)c1ccco1)c1ccc2ccccc2c1. The smallest absolute Gasteiger partial charge is 0.287 e. The van der Waals surface area contributed by atoms with E-state index in [1.807, 2.05) is 25.1 Å². The van der Waals surface area contributed by atoms with Gasteiger partial charge in [-0.1, -0.05) is 36.4 Å². The van der Waals surface area contributed by atoms with Crippen molar-refractivity contribution in [3.8, 4) is 0 Å². The van der Waals surface area contributed by atoms with Crippen LogP contribution in [-0.4, -0.2) is 5.91 Å². The average molecular weight is 265 g/mol. The van der Waals surface area contributed by atoms with Gasteiger partial charge in [0.05, 0.1) is 12.3 Å². The van der Waals surface area contributed by atoms with Gasteiger partial charge in [-0.15, -0.1) is 0 Å². The van der Waals surface area contributed by atoms with E-state index in [9.17, 15) is 4.79 Å². The van der Waals surface area contributed by atoms with Crippen molar-refractivity contribution in [1.29, 1.82) is 0 Å². The highest BCUT2D eigenvalue weighted by atomic mass is 16.3. The van der Waals surface area contributed by atoms with Crippen molar-refractivity contribution in [3.05, 3.63) is 72.2 Å². The summed E-state index contributed by atoms with van der Waals surface area (Å²) in [6.45, 7) is 1.96. The summed E-state index contributed by atoms with van der Waals surface area (Å²) < 4.78 is 5.09. The van der Waals surface area contributed by atoms with Gasteiger partial charge in [-0.05, 0) is 41.5 Å². The number of hydrogen-bond acceptors (Lipinski definition) is 2. The van der Waals surface area contributed by atoms with E-state index in [0.717, 1.165) is 5.56 Å². The summed E-state index contributed by atoms with van der Waals surface area (Å²) in [5.41, 5.74) is 1.07. The number of amides is 1. The van der Waals surface area contributed by atoms with Crippen LogP contribution in [0.15, 0.2) is 65.3 Å². The molecule has 3 nitrogen and oxygen atoms in total. The van der Waals surface area contributed by atoms with Gasteiger partial charge in [0, 0.05) is 0 Å². The molecule has 0 saturated heterocycles. The van der Waals surface area contributed by atoms with Crippen molar-refractivity contribution in [2.24, 2.45) is 0 Å². The van der Waals surface area contributed by atoms with Gasteiger partial charge in [-0.2, -0.15) is 0 Å². The molecule has 1 N–H and O–H groups in total. The second kappa shape index (κ2) is 5.21. The van der Waals surface area contributed by atoms with Crippen molar-refractivity contribution in [2.75, 3.05) is 0 Å². The minimum atomic E-state index is -0.198. The fourth-order valence-corrected chi connectivity index (χ4v) is 2.24. The monoisotopic (exact) mass is 265 g/mol. The number of furan rings is 1. The maximum atomic E-state index is 11.9. The Hall–Kier alpha value is -2.55. The summed E-state index contributed by atoms with van der Waals surface area (Å²) in [4.78, 5) is 11.9. The molecule has 1 heterocycles. The van der Waals surface area contributed by atoms with E-state index in [1.54, 1.807) is 12.1 Å². The van der Waals surface area contributed by atoms with Crippen LogP contribution in [0.4, 0.5) is 0 Å². The fourth-order valence-electron chi connectivity index (χ4n) is 2.24. The molecule has 1 atom stereocenters. The number of carbonyl (C=O) groups is 1. The highest BCUT2D eigenvalue weighted by Crippen LogP contribution is 2.20. The van der Waals surface area contributed by atoms with E-state index in [4.69, 9.17) is 4.42 Å². The number of hydrogen-bond donors (Lipinski definition) is 1. The van der Waals surface area contributed by atoms with Crippen LogP contribution in [0.3, 0.4) is 0 Å². The zero-order valence-corrected chi connectivity index (χ0v) is 11.2. The molecular weight excluding hydrogens is 250 g/mol. The van der Waals surface area contributed by atoms with Gasteiger partial charge >= 0.3 is 0 Å². The lowest BCUT2D eigenvalue weighted by Crippen LogP contribution is -2.26. The third-order valence-corrected chi connectivity index (χ3v) is 3.37. The first-order valence-corrected chi connectivity index (χ1v) is 6.57. The topological polar surface area (TPSA) is 42.2 Å². The Kier molecular flexibility index (Phi) is 3.25. The lowest BCUT2D eigenvalue weighted by Gasteiger charge is -2.14. The second-order valence-corrected chi connectivity index (χ2v) is 4.78. The Morgan fingerprint density at radius 3 is 2.60 bits per heavy atom. The van der Waals surface area contributed by atoms with Crippen LogP contribution in [-0.2, 0) is 0 Å². The van der Waals surface area contributed by atoms with Crippen LogP contribution in [0.5, 0.6) is 0 Å². The molecule has 3 aromatic rings. The third-order valence-electron chi connectivity index (χ3n) is 3.37. The predicted molar refractivity (Wildman–Crippen MR) is 78.5 cm³/mol. The van der Waals surface area contributed by atoms with E-state index in [-0.39, 0.29) is 11.9 Å². The predicted octanol–water partition coefficient (Wildman–Crippen LogP) is 3.92. The molecule has 100 valence electrons. The van der Waals surface area contributed by atoms with Crippen LogP contribution < -0.4 is 5.32 Å². The van der Waals surface area contributed by atoms with Gasteiger partial charge in [0.1, 0.15) is 0 Å². The van der Waals surface area contributed by atoms with Crippen molar-refractivity contribution in [2.45, 2.75) is 13.0 Å². The zero-order valence-electron chi connectivity index (χ0n) is 11.2. The van der Waals surface area contributed by atoms with E-state index < -0.39 is 0 Å². The van der Waals surface area contributed by atoms with E-state index in [1.165, 1.54) is 17.0 Å². The molecule has 0 spiro atoms. The van der Waals surface area contributed by atoms with E-state index in [2.05, 4.69) is 29.6 Å². The number of benzene rings is 2. The van der Waals surface area contributed by atoms with Crippen LogP contribution in [0, 0.1) is 0 Å². The Bertz CT molecular complexity index is 732. The van der Waals surface area contributed by atoms with Crippen LogP contribution >= 0.6 is 0 Å². The summed E-state index contributed by atoms with van der Waals surface area (Å²) in [5, 5.41) is 5.30. The molecule has 0 radical (unpaired) electrons. The maximum Gasteiger partial charge on any atom is 0.287 e. The molecule has 0 fully saturated rings. The summed E-state index contributed by atoms with van der Waals surface area (Å²) in [6.07, 6.45) is 1.50. The first kappa shape index (κ1) is 12.5. The highest BCUT2D eigenvalue weighted by Gasteiger charge is 2.13. The zero-order chi connectivity index (χ0) is 13.9. The van der Waals surface area contributed by atoms with Gasteiger partial charge in [-0.25, -0.2) is 0 Å². The molecule has 0 aliphatic carbocycles. The second-order valence-electron chi connectivity index (χ2n) is 4.78. The standard InChI is InChI=1S/C17H15NO2/c1-12(18-17(19)16-7-4-10-20-16)14-9-8-13-5-2-3-6-15(13)11-14/h2-12H,1H3,(H,18,19). The van der Waals surface area contributed by atoms with Gasteiger partial charge in [0.25, 0.3) is 5.91 Å². The molecule has 2 aromatic carbocycles. The molecule has 0 aliphatic rings. The van der Waals surface area contributed by atoms with Crippen LogP contribution in [0.2, 0.25) is 0 Å². The van der Waals surface area contributed by atoms with Gasteiger partial charge in [0.15, 0.2) is 5.76 Å². The largest absolute Gasteiger partial charge is 0.459 e. The number of nitrogens with one attached hydrogen (secondary N) is 1. The Morgan fingerprint density at radius 2 is 1.85 bits per heavy atom. The third kappa shape index (κ3) is 2.43. The molecule has 0 bridgehead atoms. The fraction of sp³-hybridized carbons (Fsp3) is 0.118. The molecule has 1 unspecified atom stereocenters. The Labute approximate surface area is 117 Å². The summed E-state index contributed by atoms with van der Waals surface area (Å²) in [6, 6.07) is 17.7. The first-order chi connectivity index (χ1) is 9.74. The van der Waals surface area contributed by atoms with E-state index in [0.29, 0.717) is 5.76 Å². The van der Waals surface area contributed by atoms with E-state index >= 15 is 0 Å². The summed E-state index contributed by atoms with van der Waals surface area (Å²) >= 11 is 0. The average Bonchev–Trinajstić information content (AvgIpc) is 3.01. The molecule has 3 rings (SSSR count). The van der Waals surface area contributed by atoms with Gasteiger partial charge in [0.2, 0.25) is 0 Å². The Balaban J connectivity index is 1.81. The Morgan fingerprint density at radius 1 is 1.05 bits per heavy atom. The lowest BCUT2D eigenvalue weighted by molar-refractivity contribution is 0.0912.